The lowest BCUT2D eigenvalue weighted by atomic mass is 10.0. The summed E-state index contributed by atoms with van der Waals surface area (Å²) in [6.07, 6.45) is 8.43. The first-order valence-electron chi connectivity index (χ1n) is 6.75. The molecule has 2 rings (SSSR count). The highest BCUT2D eigenvalue weighted by Gasteiger charge is 2.32. The summed E-state index contributed by atoms with van der Waals surface area (Å²) in [6, 6.07) is 1.74. The topological polar surface area (TPSA) is 15.3 Å². The van der Waals surface area contributed by atoms with Gasteiger partial charge in [-0.05, 0) is 51.6 Å². The van der Waals surface area contributed by atoms with Gasteiger partial charge in [0, 0.05) is 18.6 Å². The lowest BCUT2D eigenvalue weighted by molar-refractivity contribution is 0.243. The molecule has 0 aromatic carbocycles. The molecule has 0 saturated heterocycles. The molecular weight excluding hydrogens is 184 g/mol. The largest absolute Gasteiger partial charge is 0.314 e. The van der Waals surface area contributed by atoms with Crippen LogP contribution in [0.1, 0.15) is 45.4 Å². The highest BCUT2D eigenvalue weighted by molar-refractivity contribution is 4.89. The fourth-order valence-corrected chi connectivity index (χ4v) is 2.89. The average Bonchev–Trinajstić information content (AvgIpc) is 2.99. The highest BCUT2D eigenvalue weighted by Crippen LogP contribution is 2.31. The normalized spacial score (nSPS) is 31.4. The number of nitrogens with zero attached hydrogens (tertiary/aromatic N) is 1. The summed E-state index contributed by atoms with van der Waals surface area (Å²) >= 11 is 0. The predicted molar refractivity (Wildman–Crippen MR) is 65.1 cm³/mol. The second kappa shape index (κ2) is 5.31. The molecule has 0 spiro atoms. The van der Waals surface area contributed by atoms with Gasteiger partial charge in [-0.2, -0.15) is 0 Å². The smallest absolute Gasteiger partial charge is 0.0107 e. The lowest BCUT2D eigenvalue weighted by Gasteiger charge is -2.26. The summed E-state index contributed by atoms with van der Waals surface area (Å²) in [4.78, 5) is 2.59. The van der Waals surface area contributed by atoms with E-state index in [0.717, 1.165) is 18.0 Å². The summed E-state index contributed by atoms with van der Waals surface area (Å²) < 4.78 is 0. The Morgan fingerprint density at radius 2 is 2.00 bits per heavy atom. The van der Waals surface area contributed by atoms with Gasteiger partial charge in [-0.25, -0.2) is 0 Å². The summed E-state index contributed by atoms with van der Waals surface area (Å²) in [6.45, 7) is 4.79. The Morgan fingerprint density at radius 3 is 2.67 bits per heavy atom. The molecule has 2 fully saturated rings. The van der Waals surface area contributed by atoms with Gasteiger partial charge in [0.15, 0.2) is 0 Å². The van der Waals surface area contributed by atoms with E-state index in [4.69, 9.17) is 0 Å². The number of hydrogen-bond donors (Lipinski definition) is 1. The molecule has 2 heteroatoms. The molecule has 0 aromatic rings. The minimum Gasteiger partial charge on any atom is -0.314 e. The third-order valence-corrected chi connectivity index (χ3v) is 4.01. The van der Waals surface area contributed by atoms with Crippen LogP contribution in [0.5, 0.6) is 0 Å². The number of hydrogen-bond acceptors (Lipinski definition) is 2. The van der Waals surface area contributed by atoms with Crippen LogP contribution in [-0.2, 0) is 0 Å². The van der Waals surface area contributed by atoms with Gasteiger partial charge in [-0.3, -0.25) is 0 Å². The maximum absolute atomic E-state index is 3.72. The number of rotatable bonds is 6. The molecule has 88 valence electrons. The van der Waals surface area contributed by atoms with Crippen molar-refractivity contribution in [1.82, 2.24) is 10.2 Å². The Kier molecular flexibility index (Phi) is 4.04. The molecule has 0 bridgehead atoms. The van der Waals surface area contributed by atoms with Gasteiger partial charge in [-0.15, -0.1) is 0 Å². The van der Waals surface area contributed by atoms with Crippen LogP contribution in [0.2, 0.25) is 0 Å². The van der Waals surface area contributed by atoms with Gasteiger partial charge >= 0.3 is 0 Å². The first-order chi connectivity index (χ1) is 7.31. The average molecular weight is 210 g/mol. The van der Waals surface area contributed by atoms with Crippen LogP contribution in [0.25, 0.3) is 0 Å². The lowest BCUT2D eigenvalue weighted by Crippen LogP contribution is -2.39. The molecule has 2 saturated carbocycles. The van der Waals surface area contributed by atoms with Gasteiger partial charge in [0.2, 0.25) is 0 Å². The second-order valence-corrected chi connectivity index (χ2v) is 5.42. The van der Waals surface area contributed by atoms with Crippen LogP contribution in [0, 0.1) is 5.92 Å². The van der Waals surface area contributed by atoms with Crippen molar-refractivity contribution in [2.75, 3.05) is 20.1 Å². The molecule has 2 nitrogen and oxygen atoms in total. The van der Waals surface area contributed by atoms with Crippen LogP contribution in [-0.4, -0.2) is 37.1 Å². The van der Waals surface area contributed by atoms with Crippen molar-refractivity contribution in [1.29, 1.82) is 0 Å². The van der Waals surface area contributed by atoms with E-state index in [2.05, 4.69) is 24.2 Å². The van der Waals surface area contributed by atoms with E-state index in [0.29, 0.717) is 0 Å². The Morgan fingerprint density at radius 1 is 1.20 bits per heavy atom. The van der Waals surface area contributed by atoms with E-state index in [-0.39, 0.29) is 0 Å². The third kappa shape index (κ3) is 3.18. The summed E-state index contributed by atoms with van der Waals surface area (Å²) in [5.74, 6) is 0.919. The van der Waals surface area contributed by atoms with Crippen LogP contribution in [0.15, 0.2) is 0 Å². The van der Waals surface area contributed by atoms with E-state index in [9.17, 15) is 0 Å². The Balaban J connectivity index is 1.73. The Hall–Kier alpha value is -0.0800. The van der Waals surface area contributed by atoms with Crippen molar-refractivity contribution in [2.24, 2.45) is 5.92 Å². The molecule has 0 amide bonds. The summed E-state index contributed by atoms with van der Waals surface area (Å²) in [5.41, 5.74) is 0. The monoisotopic (exact) mass is 210 g/mol. The van der Waals surface area contributed by atoms with Gasteiger partial charge < -0.3 is 10.2 Å². The fourth-order valence-electron chi connectivity index (χ4n) is 2.89. The Bertz CT molecular complexity index is 189. The van der Waals surface area contributed by atoms with Gasteiger partial charge in [0.05, 0.1) is 0 Å². The van der Waals surface area contributed by atoms with E-state index in [1.54, 1.807) is 0 Å². The van der Waals surface area contributed by atoms with E-state index >= 15 is 0 Å². The first kappa shape index (κ1) is 11.4. The molecule has 2 atom stereocenters. The molecule has 0 radical (unpaired) electrons. The zero-order valence-corrected chi connectivity index (χ0v) is 10.3. The third-order valence-electron chi connectivity index (χ3n) is 4.01. The molecule has 0 aliphatic heterocycles. The zero-order valence-electron chi connectivity index (χ0n) is 10.3. The molecule has 2 aliphatic rings. The molecule has 2 unspecified atom stereocenters. The first-order valence-corrected chi connectivity index (χ1v) is 6.75. The molecule has 0 heterocycles. The summed E-state index contributed by atoms with van der Waals surface area (Å²) in [5, 5.41) is 3.72. The zero-order chi connectivity index (χ0) is 10.7. The molecule has 0 aromatic heterocycles. The van der Waals surface area contributed by atoms with Gasteiger partial charge in [0.1, 0.15) is 0 Å². The summed E-state index contributed by atoms with van der Waals surface area (Å²) in [7, 11) is 2.31. The van der Waals surface area contributed by atoms with Crippen LogP contribution in [0.3, 0.4) is 0 Å². The van der Waals surface area contributed by atoms with E-state index in [1.165, 1.54) is 51.6 Å². The Labute approximate surface area is 94.4 Å². The molecule has 1 N–H and O–H groups in total. The van der Waals surface area contributed by atoms with E-state index < -0.39 is 0 Å². The van der Waals surface area contributed by atoms with Crippen molar-refractivity contribution >= 4 is 0 Å². The standard InChI is InChI=1S/C13H26N2/c1-3-9-14-13-6-4-5-11(13)10-15(2)12-7-8-12/h11-14H,3-10H2,1-2H3. The minimum atomic E-state index is 0.811. The van der Waals surface area contributed by atoms with Crippen LogP contribution in [0.4, 0.5) is 0 Å². The number of nitrogens with one attached hydrogen (secondary N) is 1. The van der Waals surface area contributed by atoms with Crippen LogP contribution >= 0.6 is 0 Å². The molecule has 2 aliphatic carbocycles. The van der Waals surface area contributed by atoms with E-state index in [1.807, 2.05) is 0 Å². The second-order valence-electron chi connectivity index (χ2n) is 5.42. The quantitative estimate of drug-likeness (QED) is 0.723. The SMILES string of the molecule is CCCNC1CCCC1CN(C)C1CC1. The van der Waals surface area contributed by atoms with Crippen molar-refractivity contribution in [2.45, 2.75) is 57.5 Å². The van der Waals surface area contributed by atoms with Crippen molar-refractivity contribution in [3.8, 4) is 0 Å². The minimum absolute atomic E-state index is 0.811. The van der Waals surface area contributed by atoms with Gasteiger partial charge in [0.25, 0.3) is 0 Å². The maximum Gasteiger partial charge on any atom is 0.0107 e. The maximum atomic E-state index is 3.72. The van der Waals surface area contributed by atoms with Crippen molar-refractivity contribution in [3.63, 3.8) is 0 Å². The molecule has 15 heavy (non-hydrogen) atoms. The van der Waals surface area contributed by atoms with Crippen molar-refractivity contribution in [3.05, 3.63) is 0 Å². The van der Waals surface area contributed by atoms with Gasteiger partial charge in [-0.1, -0.05) is 13.3 Å². The highest BCUT2D eigenvalue weighted by atomic mass is 15.2. The fraction of sp³-hybridized carbons (Fsp3) is 1.00. The molecular formula is C13H26N2. The van der Waals surface area contributed by atoms with Crippen molar-refractivity contribution < 1.29 is 0 Å². The van der Waals surface area contributed by atoms with Crippen LogP contribution < -0.4 is 5.32 Å². The predicted octanol–water partition coefficient (Wildman–Crippen LogP) is 2.25.